The third-order valence-corrected chi connectivity index (χ3v) is 6.37. The van der Waals surface area contributed by atoms with Gasteiger partial charge in [-0.25, -0.2) is 4.79 Å². The number of hydrogen-bond acceptors (Lipinski definition) is 7. The molecule has 2 heterocycles. The number of phenols is 1. The molecule has 1 amide bonds. The van der Waals surface area contributed by atoms with Gasteiger partial charge in [0.15, 0.2) is 0 Å². The van der Waals surface area contributed by atoms with Crippen molar-refractivity contribution in [3.63, 3.8) is 0 Å². The molecule has 0 saturated carbocycles. The predicted octanol–water partition coefficient (Wildman–Crippen LogP) is 2.42. The Morgan fingerprint density at radius 1 is 1.25 bits per heavy atom. The number of aliphatic hydroxyl groups excluding tert-OH is 1. The van der Waals surface area contributed by atoms with E-state index in [4.69, 9.17) is 9.84 Å². The first kappa shape index (κ1) is 23.8. The predicted molar refractivity (Wildman–Crippen MR) is 125 cm³/mol. The van der Waals surface area contributed by atoms with Crippen LogP contribution in [0.25, 0.3) is 0 Å². The van der Waals surface area contributed by atoms with Crippen molar-refractivity contribution in [3.05, 3.63) is 53.6 Å². The van der Waals surface area contributed by atoms with Gasteiger partial charge in [-0.1, -0.05) is 19.1 Å². The minimum absolute atomic E-state index is 0.0981. The number of nitrogens with zero attached hydrogens (tertiary/aromatic N) is 2. The van der Waals surface area contributed by atoms with Gasteiger partial charge >= 0.3 is 6.09 Å². The number of amides is 1. The van der Waals surface area contributed by atoms with Gasteiger partial charge in [0.2, 0.25) is 0 Å². The molecule has 0 spiro atoms. The molecule has 2 aliphatic rings. The largest absolute Gasteiger partial charge is 0.508 e. The highest BCUT2D eigenvalue weighted by atomic mass is 16.5. The molecule has 1 saturated heterocycles. The highest BCUT2D eigenvalue weighted by Gasteiger charge is 2.52. The number of benzene rings is 2. The molecule has 0 unspecified atom stereocenters. The fraction of sp³-hybridized carbons (Fsp3) is 0.458. The molecule has 0 aromatic heterocycles. The number of phenolic OH excluding ortho intramolecular Hbond substituents is 1. The van der Waals surface area contributed by atoms with Crippen LogP contribution in [0.2, 0.25) is 0 Å². The first-order chi connectivity index (χ1) is 15.2. The first-order valence-electron chi connectivity index (χ1n) is 10.8. The van der Waals surface area contributed by atoms with Gasteiger partial charge in [0.05, 0.1) is 12.3 Å². The van der Waals surface area contributed by atoms with E-state index in [-0.39, 0.29) is 11.2 Å². The minimum atomic E-state index is -0.554. The second-order valence-corrected chi connectivity index (χ2v) is 8.62. The maximum absolute atomic E-state index is 11.4. The van der Waals surface area contributed by atoms with E-state index in [2.05, 4.69) is 41.5 Å². The van der Waals surface area contributed by atoms with Crippen molar-refractivity contribution in [2.45, 2.75) is 31.0 Å². The smallest absolute Gasteiger partial charge is 0.412 e. The zero-order valence-corrected chi connectivity index (χ0v) is 19.4. The molecule has 4 rings (SSSR count). The fourth-order valence-corrected chi connectivity index (χ4v) is 4.82. The van der Waals surface area contributed by atoms with Crippen molar-refractivity contribution in [1.29, 1.82) is 0 Å². The van der Waals surface area contributed by atoms with Crippen LogP contribution >= 0.6 is 0 Å². The average molecular weight is 443 g/mol. The van der Waals surface area contributed by atoms with Gasteiger partial charge in [-0.05, 0) is 62.0 Å². The summed E-state index contributed by atoms with van der Waals surface area (Å²) in [4.78, 5) is 16.1. The van der Waals surface area contributed by atoms with Gasteiger partial charge in [0, 0.05) is 38.3 Å². The summed E-state index contributed by atoms with van der Waals surface area (Å²) in [6.45, 7) is 3.88. The number of rotatable bonds is 4. The second-order valence-electron chi connectivity index (χ2n) is 8.62. The fourth-order valence-electron chi connectivity index (χ4n) is 4.82. The Morgan fingerprint density at radius 2 is 2.00 bits per heavy atom. The van der Waals surface area contributed by atoms with Gasteiger partial charge in [-0.3, -0.25) is 4.90 Å². The van der Waals surface area contributed by atoms with E-state index in [1.54, 1.807) is 38.4 Å². The molecular formula is C24H34N4O4. The number of carbonyl (C=O) groups excluding carboxylic acids is 1. The zero-order chi connectivity index (χ0) is 23.5. The molecular weight excluding hydrogens is 408 g/mol. The number of ether oxygens (including phenoxy) is 1. The number of fused-ring (bicyclic) bond motifs is 3. The lowest BCUT2D eigenvalue weighted by Crippen LogP contribution is -2.45. The molecule has 1 fully saturated rings. The van der Waals surface area contributed by atoms with Crippen LogP contribution in [0, 0.1) is 0 Å². The molecule has 4 N–H and O–H groups in total. The van der Waals surface area contributed by atoms with Gasteiger partial charge < -0.3 is 30.5 Å². The maximum Gasteiger partial charge on any atom is 0.412 e. The van der Waals surface area contributed by atoms with Gasteiger partial charge in [-0.15, -0.1) is 0 Å². The molecule has 0 radical (unpaired) electrons. The average Bonchev–Trinajstić information content (AvgIpc) is 3.19. The van der Waals surface area contributed by atoms with Crippen LogP contribution in [-0.4, -0.2) is 68.7 Å². The van der Waals surface area contributed by atoms with Crippen molar-refractivity contribution in [3.8, 4) is 11.5 Å². The monoisotopic (exact) mass is 442 g/mol. The summed E-state index contributed by atoms with van der Waals surface area (Å²) in [7, 11) is 7.63. The van der Waals surface area contributed by atoms with Crippen LogP contribution in [0.3, 0.4) is 0 Å². The molecule has 32 heavy (non-hydrogen) atoms. The van der Waals surface area contributed by atoms with Gasteiger partial charge in [-0.2, -0.15) is 0 Å². The summed E-state index contributed by atoms with van der Waals surface area (Å²) in [6, 6.07) is 12.5. The minimum Gasteiger partial charge on any atom is -0.508 e. The highest BCUT2D eigenvalue weighted by Crippen LogP contribution is 2.51. The van der Waals surface area contributed by atoms with E-state index >= 15 is 0 Å². The van der Waals surface area contributed by atoms with Crippen LogP contribution in [0.5, 0.6) is 11.5 Å². The Labute approximate surface area is 189 Å². The normalized spacial score (nSPS) is 22.4. The van der Waals surface area contributed by atoms with Crippen LogP contribution in [0.4, 0.5) is 10.5 Å². The number of carbonyl (C=O) groups is 1. The number of nitrogens with one attached hydrogen (secondary N) is 2. The molecule has 0 bridgehead atoms. The lowest BCUT2D eigenvalue weighted by atomic mass is 9.81. The summed E-state index contributed by atoms with van der Waals surface area (Å²) in [6.07, 6.45) is 0.519. The summed E-state index contributed by atoms with van der Waals surface area (Å²) in [5.74, 6) is 0.788. The third-order valence-electron chi connectivity index (χ3n) is 6.37. The number of likely N-dealkylation sites (tertiary alicyclic amines) is 1. The molecule has 174 valence electrons. The van der Waals surface area contributed by atoms with Gasteiger partial charge in [0.25, 0.3) is 0 Å². The number of hydrogen-bond donors (Lipinski definition) is 4. The second kappa shape index (κ2) is 9.77. The maximum atomic E-state index is 11.4. The van der Waals surface area contributed by atoms with E-state index in [1.165, 1.54) is 11.3 Å². The van der Waals surface area contributed by atoms with Crippen LogP contribution in [0.1, 0.15) is 30.6 Å². The molecule has 2 aromatic carbocycles. The Morgan fingerprint density at radius 3 is 2.66 bits per heavy atom. The lowest BCUT2D eigenvalue weighted by Gasteiger charge is -2.32. The highest BCUT2D eigenvalue weighted by molar-refractivity contribution is 5.72. The quantitative estimate of drug-likeness (QED) is 0.577. The van der Waals surface area contributed by atoms with E-state index in [9.17, 15) is 9.90 Å². The summed E-state index contributed by atoms with van der Waals surface area (Å²) < 4.78 is 5.26. The summed E-state index contributed by atoms with van der Waals surface area (Å²) in [5, 5.41) is 23.9. The Bertz CT molecular complexity index is 953. The van der Waals surface area contributed by atoms with Crippen molar-refractivity contribution >= 4 is 11.8 Å². The van der Waals surface area contributed by atoms with Crippen molar-refractivity contribution in [2.24, 2.45) is 0 Å². The number of aliphatic hydroxyl groups is 1. The third kappa shape index (κ3) is 4.67. The molecule has 3 atom stereocenters. The van der Waals surface area contributed by atoms with Crippen molar-refractivity contribution in [2.75, 3.05) is 46.2 Å². The number of anilines is 1. The topological polar surface area (TPSA) is 97.3 Å². The van der Waals surface area contributed by atoms with Crippen molar-refractivity contribution in [1.82, 2.24) is 15.5 Å². The van der Waals surface area contributed by atoms with E-state index in [0.717, 1.165) is 18.5 Å². The Kier molecular flexibility index (Phi) is 7.28. The number of likely N-dealkylation sites (N-methyl/N-ethyl adjacent to an activating group) is 3. The molecule has 8 heteroatoms. The van der Waals surface area contributed by atoms with E-state index < -0.39 is 12.2 Å². The standard InChI is InChI=1S/C15H21N3O2.C9H13NO2/c1-15-7-8-17(3)13(15)18(4)12-6-5-10(9-11(12)15)20-14(19)16-2;1-10-6-9(12)7-3-2-4-8(11)5-7/h5-6,9,13H,7-8H2,1-4H3,(H,16,19);2-5,9-12H,6H2,1H3/t13-,15+;9-/m10/s1. The first-order valence-corrected chi connectivity index (χ1v) is 10.8. The molecule has 2 aliphatic heterocycles. The van der Waals surface area contributed by atoms with Crippen LogP contribution in [-0.2, 0) is 5.41 Å². The lowest BCUT2D eigenvalue weighted by molar-refractivity contribution is 0.177. The summed E-state index contributed by atoms with van der Waals surface area (Å²) in [5.41, 5.74) is 3.33. The molecule has 2 aromatic rings. The van der Waals surface area contributed by atoms with Crippen LogP contribution < -0.4 is 20.3 Å². The van der Waals surface area contributed by atoms with E-state index in [1.807, 2.05) is 18.2 Å². The van der Waals surface area contributed by atoms with Crippen LogP contribution in [0.15, 0.2) is 42.5 Å². The Hall–Kier alpha value is -2.81. The molecule has 0 aliphatic carbocycles. The molecule has 8 nitrogen and oxygen atoms in total. The van der Waals surface area contributed by atoms with Crippen molar-refractivity contribution < 1.29 is 19.7 Å². The SMILES string of the molecule is CNC(=O)Oc1ccc2c(c1)[C@]1(C)CCN(C)[C@@H]1N2C.CNC[C@H](O)c1cccc(O)c1. The van der Waals surface area contributed by atoms with Gasteiger partial charge in [0.1, 0.15) is 11.5 Å². The summed E-state index contributed by atoms with van der Waals surface area (Å²) >= 11 is 0. The Balaban J connectivity index is 0.000000207. The number of aromatic hydroxyl groups is 1. The zero-order valence-electron chi connectivity index (χ0n) is 19.4. The van der Waals surface area contributed by atoms with E-state index in [0.29, 0.717) is 18.5 Å².